The lowest BCUT2D eigenvalue weighted by Gasteiger charge is -2.13. The molecule has 0 spiro atoms. The van der Waals surface area contributed by atoms with Gasteiger partial charge in [0.15, 0.2) is 5.16 Å². The van der Waals surface area contributed by atoms with Gasteiger partial charge in [0.05, 0.1) is 7.11 Å². The lowest BCUT2D eigenvalue weighted by molar-refractivity contribution is 0.414. The zero-order chi connectivity index (χ0) is 14.8. The molecular formula is C16H21N3OS. The highest BCUT2D eigenvalue weighted by atomic mass is 32.2. The molecule has 1 aliphatic rings. The first-order valence-electron chi connectivity index (χ1n) is 7.39. The Morgan fingerprint density at radius 3 is 2.81 bits per heavy atom. The molecule has 0 unspecified atom stereocenters. The fourth-order valence-corrected chi connectivity index (χ4v) is 3.42. The molecule has 2 aromatic rings. The summed E-state index contributed by atoms with van der Waals surface area (Å²) in [5.41, 5.74) is 1.24. The second kappa shape index (κ2) is 6.10. The molecule has 0 aliphatic heterocycles. The zero-order valence-electron chi connectivity index (χ0n) is 12.7. The number of benzene rings is 1. The standard InChI is InChI=1S/C16H21N3OS/c1-11(2)19-15(13-7-8-13)17-18-16(19)21-10-12-5-4-6-14(9-12)20-3/h4-6,9,11,13H,7-8,10H2,1-3H3. The van der Waals surface area contributed by atoms with Gasteiger partial charge >= 0.3 is 0 Å². The Balaban J connectivity index is 1.75. The molecule has 0 atom stereocenters. The highest BCUT2D eigenvalue weighted by Gasteiger charge is 2.31. The van der Waals surface area contributed by atoms with E-state index in [0.717, 1.165) is 22.5 Å². The van der Waals surface area contributed by atoms with E-state index in [9.17, 15) is 0 Å². The van der Waals surface area contributed by atoms with Crippen LogP contribution in [0.2, 0.25) is 0 Å². The first kappa shape index (κ1) is 14.4. The molecule has 0 bridgehead atoms. The van der Waals surface area contributed by atoms with E-state index >= 15 is 0 Å². The van der Waals surface area contributed by atoms with Crippen molar-refractivity contribution in [2.75, 3.05) is 7.11 Å². The van der Waals surface area contributed by atoms with Gasteiger partial charge in [-0.25, -0.2) is 0 Å². The van der Waals surface area contributed by atoms with Gasteiger partial charge in [-0.3, -0.25) is 0 Å². The minimum absolute atomic E-state index is 0.406. The van der Waals surface area contributed by atoms with Crippen LogP contribution in [0.15, 0.2) is 29.4 Å². The van der Waals surface area contributed by atoms with Crippen LogP contribution in [0.5, 0.6) is 5.75 Å². The molecule has 0 N–H and O–H groups in total. The predicted octanol–water partition coefficient (Wildman–Crippen LogP) is 4.04. The Bertz CT molecular complexity index is 620. The maximum absolute atomic E-state index is 5.27. The summed E-state index contributed by atoms with van der Waals surface area (Å²) in [6, 6.07) is 8.59. The number of aromatic nitrogens is 3. The average Bonchev–Trinajstić information content (AvgIpc) is 3.24. The molecule has 1 aliphatic carbocycles. The molecule has 112 valence electrons. The third-order valence-corrected chi connectivity index (χ3v) is 4.67. The van der Waals surface area contributed by atoms with Gasteiger partial charge in [0.2, 0.25) is 0 Å². The summed E-state index contributed by atoms with van der Waals surface area (Å²) in [4.78, 5) is 0. The zero-order valence-corrected chi connectivity index (χ0v) is 13.6. The highest BCUT2D eigenvalue weighted by molar-refractivity contribution is 7.98. The molecule has 0 saturated heterocycles. The lowest BCUT2D eigenvalue weighted by atomic mass is 10.2. The van der Waals surface area contributed by atoms with Crippen molar-refractivity contribution in [2.24, 2.45) is 0 Å². The van der Waals surface area contributed by atoms with E-state index < -0.39 is 0 Å². The molecule has 21 heavy (non-hydrogen) atoms. The van der Waals surface area contributed by atoms with Crippen LogP contribution in [0.4, 0.5) is 0 Å². The molecule has 0 radical (unpaired) electrons. The Morgan fingerprint density at radius 2 is 2.14 bits per heavy atom. The van der Waals surface area contributed by atoms with E-state index in [1.807, 2.05) is 12.1 Å². The van der Waals surface area contributed by atoms with Crippen LogP contribution in [0, 0.1) is 0 Å². The first-order valence-corrected chi connectivity index (χ1v) is 8.38. The van der Waals surface area contributed by atoms with E-state index in [4.69, 9.17) is 4.74 Å². The van der Waals surface area contributed by atoms with Gasteiger partial charge in [-0.05, 0) is 44.4 Å². The molecule has 5 heteroatoms. The number of ether oxygens (including phenoxy) is 1. The predicted molar refractivity (Wildman–Crippen MR) is 84.9 cm³/mol. The van der Waals surface area contributed by atoms with Crippen LogP contribution in [-0.2, 0) is 5.75 Å². The average molecular weight is 303 g/mol. The minimum atomic E-state index is 0.406. The van der Waals surface area contributed by atoms with Gasteiger partial charge in [0.25, 0.3) is 0 Å². The molecule has 4 nitrogen and oxygen atoms in total. The van der Waals surface area contributed by atoms with Crippen molar-refractivity contribution >= 4 is 11.8 Å². The normalized spacial score (nSPS) is 14.7. The quantitative estimate of drug-likeness (QED) is 0.755. The molecule has 1 heterocycles. The van der Waals surface area contributed by atoms with Crippen LogP contribution in [0.25, 0.3) is 0 Å². The van der Waals surface area contributed by atoms with Crippen LogP contribution in [0.1, 0.15) is 50.0 Å². The largest absolute Gasteiger partial charge is 0.497 e. The Morgan fingerprint density at radius 1 is 1.33 bits per heavy atom. The van der Waals surface area contributed by atoms with E-state index in [2.05, 4.69) is 40.7 Å². The molecule has 3 rings (SSSR count). The van der Waals surface area contributed by atoms with Crippen molar-refractivity contribution in [3.8, 4) is 5.75 Å². The highest BCUT2D eigenvalue weighted by Crippen LogP contribution is 2.41. The third-order valence-electron chi connectivity index (χ3n) is 3.65. The van der Waals surface area contributed by atoms with Crippen LogP contribution >= 0.6 is 11.8 Å². The van der Waals surface area contributed by atoms with Crippen molar-refractivity contribution in [2.45, 2.75) is 49.6 Å². The number of thioether (sulfide) groups is 1. The van der Waals surface area contributed by atoms with Crippen LogP contribution in [-0.4, -0.2) is 21.9 Å². The molecular weight excluding hydrogens is 282 g/mol. The number of hydrogen-bond acceptors (Lipinski definition) is 4. The summed E-state index contributed by atoms with van der Waals surface area (Å²) in [6.45, 7) is 4.40. The number of hydrogen-bond donors (Lipinski definition) is 0. The van der Waals surface area contributed by atoms with Crippen molar-refractivity contribution < 1.29 is 4.74 Å². The first-order chi connectivity index (χ1) is 10.2. The van der Waals surface area contributed by atoms with Crippen molar-refractivity contribution in [1.82, 2.24) is 14.8 Å². The monoisotopic (exact) mass is 303 g/mol. The molecule has 1 saturated carbocycles. The topological polar surface area (TPSA) is 39.9 Å². The van der Waals surface area contributed by atoms with Crippen LogP contribution < -0.4 is 4.74 Å². The van der Waals surface area contributed by atoms with Crippen molar-refractivity contribution in [3.05, 3.63) is 35.7 Å². The van der Waals surface area contributed by atoms with E-state index in [0.29, 0.717) is 12.0 Å². The molecule has 1 aromatic heterocycles. The fraction of sp³-hybridized carbons (Fsp3) is 0.500. The molecule has 0 amide bonds. The van der Waals surface area contributed by atoms with Crippen LogP contribution in [0.3, 0.4) is 0 Å². The maximum Gasteiger partial charge on any atom is 0.191 e. The summed E-state index contributed by atoms with van der Waals surface area (Å²) < 4.78 is 7.56. The fourth-order valence-electron chi connectivity index (χ4n) is 2.40. The van der Waals surface area contributed by atoms with Gasteiger partial charge in [-0.2, -0.15) is 0 Å². The summed E-state index contributed by atoms with van der Waals surface area (Å²) in [5, 5.41) is 9.84. The van der Waals surface area contributed by atoms with Gasteiger partial charge in [-0.15, -0.1) is 10.2 Å². The number of methoxy groups -OCH3 is 1. The van der Waals surface area contributed by atoms with E-state index in [-0.39, 0.29) is 0 Å². The third kappa shape index (κ3) is 3.23. The van der Waals surface area contributed by atoms with Crippen molar-refractivity contribution in [3.63, 3.8) is 0 Å². The van der Waals surface area contributed by atoms with Gasteiger partial charge < -0.3 is 9.30 Å². The molecule has 1 aromatic carbocycles. The summed E-state index contributed by atoms with van der Waals surface area (Å²) in [7, 11) is 1.70. The SMILES string of the molecule is COc1cccc(CSc2nnc(C3CC3)n2C(C)C)c1. The van der Waals surface area contributed by atoms with Gasteiger partial charge in [-0.1, -0.05) is 23.9 Å². The summed E-state index contributed by atoms with van der Waals surface area (Å²) >= 11 is 1.75. The van der Waals surface area contributed by atoms with Gasteiger partial charge in [0.1, 0.15) is 11.6 Å². The van der Waals surface area contributed by atoms with E-state index in [1.54, 1.807) is 18.9 Å². The minimum Gasteiger partial charge on any atom is -0.497 e. The Hall–Kier alpha value is -1.49. The smallest absolute Gasteiger partial charge is 0.191 e. The second-order valence-corrected chi connectivity index (χ2v) is 6.66. The Kier molecular flexibility index (Phi) is 4.19. The lowest BCUT2D eigenvalue weighted by Crippen LogP contribution is -2.07. The van der Waals surface area contributed by atoms with Crippen molar-refractivity contribution in [1.29, 1.82) is 0 Å². The maximum atomic E-state index is 5.27. The second-order valence-electron chi connectivity index (χ2n) is 5.72. The summed E-state index contributed by atoms with van der Waals surface area (Å²) in [6.07, 6.45) is 2.51. The Labute approximate surface area is 129 Å². The summed E-state index contributed by atoms with van der Waals surface area (Å²) in [5.74, 6) is 3.58. The van der Waals surface area contributed by atoms with E-state index in [1.165, 1.54) is 18.4 Å². The number of nitrogens with zero attached hydrogens (tertiary/aromatic N) is 3. The molecule has 1 fully saturated rings. The van der Waals surface area contributed by atoms with Gasteiger partial charge in [0, 0.05) is 17.7 Å². The number of rotatable bonds is 6.